The van der Waals surface area contributed by atoms with E-state index < -0.39 is 5.82 Å². The van der Waals surface area contributed by atoms with Crippen molar-refractivity contribution >= 4 is 17.3 Å². The molecule has 0 unspecified atom stereocenters. The van der Waals surface area contributed by atoms with Gasteiger partial charge in [-0.15, -0.1) is 0 Å². The number of anilines is 2. The number of ether oxygens (including phenoxy) is 1. The van der Waals surface area contributed by atoms with Crippen molar-refractivity contribution in [1.29, 1.82) is 0 Å². The molecule has 110 valence electrons. The van der Waals surface area contributed by atoms with E-state index in [0.717, 1.165) is 11.3 Å². The number of halogens is 1. The molecule has 21 heavy (non-hydrogen) atoms. The zero-order valence-corrected chi connectivity index (χ0v) is 11.7. The van der Waals surface area contributed by atoms with E-state index in [0.29, 0.717) is 5.69 Å². The molecule has 0 bridgehead atoms. The van der Waals surface area contributed by atoms with Gasteiger partial charge in [-0.1, -0.05) is 17.7 Å². The van der Waals surface area contributed by atoms with Crippen LogP contribution in [-0.4, -0.2) is 12.5 Å². The highest BCUT2D eigenvalue weighted by molar-refractivity contribution is 5.91. The maximum absolute atomic E-state index is 13.0. The van der Waals surface area contributed by atoms with Gasteiger partial charge in [0.25, 0.3) is 0 Å². The Morgan fingerprint density at radius 1 is 1.24 bits per heavy atom. The van der Waals surface area contributed by atoms with Crippen LogP contribution in [0.15, 0.2) is 42.5 Å². The van der Waals surface area contributed by atoms with Crippen molar-refractivity contribution in [1.82, 2.24) is 0 Å². The van der Waals surface area contributed by atoms with Gasteiger partial charge in [0.05, 0.1) is 18.7 Å². The van der Waals surface area contributed by atoms with Crippen molar-refractivity contribution in [2.24, 2.45) is 0 Å². The van der Waals surface area contributed by atoms with E-state index in [1.807, 2.05) is 31.2 Å². The number of carbonyl (C=O) groups excluding carboxylic acids is 1. The lowest BCUT2D eigenvalue weighted by atomic mass is 10.2. The van der Waals surface area contributed by atoms with E-state index in [4.69, 9.17) is 10.5 Å². The van der Waals surface area contributed by atoms with Gasteiger partial charge in [0, 0.05) is 5.69 Å². The molecule has 0 aliphatic carbocycles. The van der Waals surface area contributed by atoms with E-state index in [-0.39, 0.29) is 24.6 Å². The topological polar surface area (TPSA) is 64.3 Å². The number of rotatable bonds is 5. The third kappa shape index (κ3) is 4.49. The first-order valence-corrected chi connectivity index (χ1v) is 6.59. The molecule has 2 aromatic carbocycles. The molecule has 3 N–H and O–H groups in total. The highest BCUT2D eigenvalue weighted by atomic mass is 19.1. The van der Waals surface area contributed by atoms with Crippen molar-refractivity contribution in [3.63, 3.8) is 0 Å². The second-order valence-corrected chi connectivity index (χ2v) is 4.70. The number of aryl methyl sites for hydroxylation is 1. The lowest BCUT2D eigenvalue weighted by molar-refractivity contribution is -0.116. The van der Waals surface area contributed by atoms with Gasteiger partial charge in [-0.25, -0.2) is 4.39 Å². The normalized spacial score (nSPS) is 10.2. The molecule has 0 aromatic heterocycles. The minimum atomic E-state index is -0.504. The van der Waals surface area contributed by atoms with E-state index >= 15 is 0 Å². The third-order valence-electron chi connectivity index (χ3n) is 2.90. The highest BCUT2D eigenvalue weighted by Gasteiger charge is 2.05. The molecule has 0 fully saturated rings. The second-order valence-electron chi connectivity index (χ2n) is 4.70. The number of nitrogens with two attached hydrogens (primary N) is 1. The quantitative estimate of drug-likeness (QED) is 0.831. The zero-order chi connectivity index (χ0) is 15.2. The summed E-state index contributed by atoms with van der Waals surface area (Å²) < 4.78 is 18.5. The van der Waals surface area contributed by atoms with Crippen LogP contribution in [0.25, 0.3) is 0 Å². The summed E-state index contributed by atoms with van der Waals surface area (Å²) >= 11 is 0. The predicted molar refractivity (Wildman–Crippen MR) is 80.7 cm³/mol. The number of benzene rings is 2. The molecule has 2 aromatic rings. The Balaban J connectivity index is 1.79. The first-order chi connectivity index (χ1) is 10.0. The number of nitrogen functional groups attached to an aromatic ring is 1. The lowest BCUT2D eigenvalue weighted by Gasteiger charge is -2.08. The summed E-state index contributed by atoms with van der Waals surface area (Å²) in [6.45, 7) is 2.26. The van der Waals surface area contributed by atoms with Gasteiger partial charge in [-0.05, 0) is 37.3 Å². The molecule has 2 rings (SSSR count). The van der Waals surface area contributed by atoms with Crippen molar-refractivity contribution < 1.29 is 13.9 Å². The highest BCUT2D eigenvalue weighted by Crippen LogP contribution is 2.16. The summed E-state index contributed by atoms with van der Waals surface area (Å²) in [5.41, 5.74) is 7.05. The summed E-state index contributed by atoms with van der Waals surface area (Å²) in [6, 6.07) is 11.7. The van der Waals surface area contributed by atoms with Crippen LogP contribution >= 0.6 is 0 Å². The van der Waals surface area contributed by atoms with Gasteiger partial charge < -0.3 is 15.8 Å². The summed E-state index contributed by atoms with van der Waals surface area (Å²) in [5, 5.41) is 2.64. The Morgan fingerprint density at radius 3 is 2.62 bits per heavy atom. The molecular formula is C16H17FN2O2. The molecule has 0 saturated carbocycles. The Hall–Kier alpha value is -2.56. The van der Waals surface area contributed by atoms with E-state index in [1.54, 1.807) is 0 Å². The van der Waals surface area contributed by atoms with Crippen LogP contribution in [-0.2, 0) is 4.79 Å². The van der Waals surface area contributed by atoms with Crippen molar-refractivity contribution in [2.75, 3.05) is 17.7 Å². The van der Waals surface area contributed by atoms with E-state index in [1.165, 1.54) is 18.2 Å². The first kappa shape index (κ1) is 14.8. The summed E-state index contributed by atoms with van der Waals surface area (Å²) in [5.74, 6) is 0.00301. The number of hydrogen-bond acceptors (Lipinski definition) is 3. The van der Waals surface area contributed by atoms with Crippen molar-refractivity contribution in [3.8, 4) is 5.75 Å². The molecule has 4 nitrogen and oxygen atoms in total. The number of hydrogen-bond donors (Lipinski definition) is 2. The van der Waals surface area contributed by atoms with Crippen LogP contribution in [0, 0.1) is 12.7 Å². The fraction of sp³-hybridized carbons (Fsp3) is 0.188. The Labute approximate surface area is 122 Å². The van der Waals surface area contributed by atoms with Crippen molar-refractivity contribution in [2.45, 2.75) is 13.3 Å². The maximum atomic E-state index is 13.0. The fourth-order valence-electron chi connectivity index (χ4n) is 1.74. The smallest absolute Gasteiger partial charge is 0.227 e. The van der Waals surface area contributed by atoms with Gasteiger partial charge >= 0.3 is 0 Å². The van der Waals surface area contributed by atoms with Crippen LogP contribution in [0.4, 0.5) is 15.8 Å². The fourth-order valence-corrected chi connectivity index (χ4v) is 1.74. The van der Waals surface area contributed by atoms with E-state index in [2.05, 4.69) is 5.32 Å². The average molecular weight is 288 g/mol. The number of carbonyl (C=O) groups is 1. The van der Waals surface area contributed by atoms with Crippen LogP contribution < -0.4 is 15.8 Å². The molecule has 0 aliphatic heterocycles. The zero-order valence-electron chi connectivity index (χ0n) is 11.7. The van der Waals surface area contributed by atoms with Gasteiger partial charge in [0.15, 0.2) is 0 Å². The van der Waals surface area contributed by atoms with Crippen LogP contribution in [0.3, 0.4) is 0 Å². The summed E-state index contributed by atoms with van der Waals surface area (Å²) in [6.07, 6.45) is 0.200. The van der Waals surface area contributed by atoms with Gasteiger partial charge in [0.1, 0.15) is 11.6 Å². The molecule has 0 atom stereocenters. The Morgan fingerprint density at radius 2 is 1.95 bits per heavy atom. The molecule has 0 radical (unpaired) electrons. The van der Waals surface area contributed by atoms with Gasteiger partial charge in [0.2, 0.25) is 5.91 Å². The summed E-state index contributed by atoms with van der Waals surface area (Å²) in [7, 11) is 0. The molecule has 0 saturated heterocycles. The molecular weight excluding hydrogens is 271 g/mol. The molecule has 0 aliphatic rings. The van der Waals surface area contributed by atoms with Crippen molar-refractivity contribution in [3.05, 3.63) is 53.8 Å². The monoisotopic (exact) mass is 288 g/mol. The average Bonchev–Trinajstić information content (AvgIpc) is 2.45. The molecule has 1 amide bonds. The Bertz CT molecular complexity index is 627. The minimum Gasteiger partial charge on any atom is -0.493 e. The molecule has 0 spiro atoms. The maximum Gasteiger partial charge on any atom is 0.227 e. The van der Waals surface area contributed by atoms with Gasteiger partial charge in [-0.3, -0.25) is 4.79 Å². The lowest BCUT2D eigenvalue weighted by Crippen LogP contribution is -2.15. The predicted octanol–water partition coefficient (Wildman–Crippen LogP) is 3.12. The standard InChI is InChI=1S/C16H17FN2O2/c1-11-2-5-13(6-3-11)21-9-8-16(20)19-12-4-7-14(17)15(18)10-12/h2-7,10H,8-9,18H2,1H3,(H,19,20). The number of amides is 1. The van der Waals surface area contributed by atoms with Crippen LogP contribution in [0.5, 0.6) is 5.75 Å². The Kier molecular flexibility index (Phi) is 4.77. The van der Waals surface area contributed by atoms with E-state index in [9.17, 15) is 9.18 Å². The second kappa shape index (κ2) is 6.74. The SMILES string of the molecule is Cc1ccc(OCCC(=O)Nc2ccc(F)c(N)c2)cc1. The molecule has 5 heteroatoms. The number of nitrogens with one attached hydrogen (secondary N) is 1. The third-order valence-corrected chi connectivity index (χ3v) is 2.90. The van der Waals surface area contributed by atoms with Gasteiger partial charge in [-0.2, -0.15) is 0 Å². The van der Waals surface area contributed by atoms with Crippen LogP contribution in [0.2, 0.25) is 0 Å². The van der Waals surface area contributed by atoms with Crippen LogP contribution in [0.1, 0.15) is 12.0 Å². The molecule has 0 heterocycles. The summed E-state index contributed by atoms with van der Waals surface area (Å²) in [4.78, 5) is 11.7. The largest absolute Gasteiger partial charge is 0.493 e. The first-order valence-electron chi connectivity index (χ1n) is 6.59. The minimum absolute atomic E-state index is 0.00343.